The molecule has 0 aliphatic carbocycles. The number of likely N-dealkylation sites (tertiary alicyclic amines) is 1. The molecule has 0 aromatic heterocycles. The highest BCUT2D eigenvalue weighted by Crippen LogP contribution is 2.26. The monoisotopic (exact) mass is 355 g/mol. The van der Waals surface area contributed by atoms with Gasteiger partial charge in [0, 0.05) is 18.5 Å². The molecule has 1 aliphatic rings. The summed E-state index contributed by atoms with van der Waals surface area (Å²) < 4.78 is 11.1. The van der Waals surface area contributed by atoms with Crippen LogP contribution in [0.5, 0.6) is 11.5 Å². The Bertz CT molecular complexity index is 815. The SMILES string of the molecule is COc1ccc(OC2CCCN2C(=O)c2cccc(C(=O)O)c2C)cc1. The van der Waals surface area contributed by atoms with Crippen molar-refractivity contribution in [1.82, 2.24) is 4.90 Å². The van der Waals surface area contributed by atoms with E-state index >= 15 is 0 Å². The number of amides is 1. The molecule has 2 aromatic rings. The Labute approximate surface area is 152 Å². The Morgan fingerprint density at radius 2 is 1.73 bits per heavy atom. The van der Waals surface area contributed by atoms with Crippen LogP contribution in [0.4, 0.5) is 0 Å². The summed E-state index contributed by atoms with van der Waals surface area (Å²) in [4.78, 5) is 26.0. The predicted molar refractivity (Wildman–Crippen MR) is 95.8 cm³/mol. The Morgan fingerprint density at radius 3 is 2.38 bits per heavy atom. The van der Waals surface area contributed by atoms with Crippen LogP contribution in [-0.2, 0) is 0 Å². The molecule has 26 heavy (non-hydrogen) atoms. The number of aromatic carboxylic acids is 1. The van der Waals surface area contributed by atoms with Crippen LogP contribution in [0.2, 0.25) is 0 Å². The van der Waals surface area contributed by atoms with E-state index in [0.717, 1.165) is 18.6 Å². The Kier molecular flexibility index (Phi) is 5.11. The maximum atomic E-state index is 13.0. The van der Waals surface area contributed by atoms with Crippen molar-refractivity contribution in [3.63, 3.8) is 0 Å². The number of carboxylic acids is 1. The van der Waals surface area contributed by atoms with E-state index in [2.05, 4.69) is 0 Å². The van der Waals surface area contributed by atoms with E-state index in [0.29, 0.717) is 23.4 Å². The predicted octanol–water partition coefficient (Wildman–Crippen LogP) is 3.34. The molecule has 1 amide bonds. The standard InChI is InChI=1S/C20H21NO5/c1-13-16(5-3-6-17(13)20(23)24)19(22)21-12-4-7-18(21)26-15-10-8-14(25-2)9-11-15/h3,5-6,8-11,18H,4,7,12H2,1-2H3,(H,23,24). The molecule has 1 heterocycles. The Morgan fingerprint density at radius 1 is 1.08 bits per heavy atom. The molecule has 6 nitrogen and oxygen atoms in total. The smallest absolute Gasteiger partial charge is 0.335 e. The van der Waals surface area contributed by atoms with Gasteiger partial charge in [0.05, 0.1) is 12.7 Å². The van der Waals surface area contributed by atoms with Crippen LogP contribution in [0.15, 0.2) is 42.5 Å². The summed E-state index contributed by atoms with van der Waals surface area (Å²) in [6.45, 7) is 2.24. The van der Waals surface area contributed by atoms with Crippen LogP contribution >= 0.6 is 0 Å². The quantitative estimate of drug-likeness (QED) is 0.890. The van der Waals surface area contributed by atoms with Crippen molar-refractivity contribution in [2.45, 2.75) is 26.0 Å². The summed E-state index contributed by atoms with van der Waals surface area (Å²) in [5, 5.41) is 9.27. The fraction of sp³-hybridized carbons (Fsp3) is 0.300. The van der Waals surface area contributed by atoms with E-state index in [4.69, 9.17) is 9.47 Å². The first-order chi connectivity index (χ1) is 12.5. The first kappa shape index (κ1) is 17.8. The molecule has 0 spiro atoms. The summed E-state index contributed by atoms with van der Waals surface area (Å²) in [6.07, 6.45) is 1.20. The number of carboxylic acid groups (broad SMARTS) is 1. The zero-order valence-electron chi connectivity index (χ0n) is 14.8. The van der Waals surface area contributed by atoms with Gasteiger partial charge in [-0.3, -0.25) is 4.79 Å². The lowest BCUT2D eigenvalue weighted by Gasteiger charge is -2.26. The largest absolute Gasteiger partial charge is 0.497 e. The van der Waals surface area contributed by atoms with Crippen molar-refractivity contribution in [3.05, 3.63) is 59.2 Å². The highest BCUT2D eigenvalue weighted by atomic mass is 16.5. The third-order valence-electron chi connectivity index (χ3n) is 4.58. The summed E-state index contributed by atoms with van der Waals surface area (Å²) in [6, 6.07) is 12.0. The molecule has 1 fully saturated rings. The molecule has 0 radical (unpaired) electrons. The normalized spacial score (nSPS) is 16.4. The van der Waals surface area contributed by atoms with Gasteiger partial charge in [0.1, 0.15) is 11.5 Å². The number of hydrogen-bond acceptors (Lipinski definition) is 4. The van der Waals surface area contributed by atoms with E-state index in [-0.39, 0.29) is 17.7 Å². The fourth-order valence-corrected chi connectivity index (χ4v) is 3.16. The maximum Gasteiger partial charge on any atom is 0.335 e. The molecule has 2 aromatic carbocycles. The first-order valence-corrected chi connectivity index (χ1v) is 8.46. The highest BCUT2D eigenvalue weighted by Gasteiger charge is 2.32. The third-order valence-corrected chi connectivity index (χ3v) is 4.58. The molecule has 3 rings (SSSR count). The third kappa shape index (κ3) is 3.49. The van der Waals surface area contributed by atoms with E-state index < -0.39 is 5.97 Å². The van der Waals surface area contributed by atoms with E-state index in [1.54, 1.807) is 55.3 Å². The summed E-state index contributed by atoms with van der Waals surface area (Å²) in [5.74, 6) is 0.149. The van der Waals surface area contributed by atoms with Crippen molar-refractivity contribution >= 4 is 11.9 Å². The van der Waals surface area contributed by atoms with E-state index in [1.807, 2.05) is 0 Å². The van der Waals surface area contributed by atoms with Crippen LogP contribution < -0.4 is 9.47 Å². The topological polar surface area (TPSA) is 76.1 Å². The molecule has 1 saturated heterocycles. The van der Waals surface area contributed by atoms with Crippen LogP contribution in [0.3, 0.4) is 0 Å². The number of carbonyl (C=O) groups is 2. The van der Waals surface area contributed by atoms with Gasteiger partial charge in [0.2, 0.25) is 0 Å². The molecule has 1 aliphatic heterocycles. The first-order valence-electron chi connectivity index (χ1n) is 8.46. The van der Waals surface area contributed by atoms with Crippen LogP contribution in [0, 0.1) is 6.92 Å². The highest BCUT2D eigenvalue weighted by molar-refractivity contribution is 6.00. The van der Waals surface area contributed by atoms with Gasteiger partial charge in [0.15, 0.2) is 6.23 Å². The number of carbonyl (C=O) groups excluding carboxylic acids is 1. The van der Waals surface area contributed by atoms with Gasteiger partial charge in [-0.05, 0) is 55.3 Å². The number of rotatable bonds is 5. The van der Waals surface area contributed by atoms with Gasteiger partial charge in [-0.2, -0.15) is 0 Å². The maximum absolute atomic E-state index is 13.0. The molecule has 6 heteroatoms. The summed E-state index contributed by atoms with van der Waals surface area (Å²) in [7, 11) is 1.60. The van der Waals surface area contributed by atoms with Crippen LogP contribution in [0.1, 0.15) is 39.1 Å². The second kappa shape index (κ2) is 7.47. The molecular formula is C20H21NO5. The minimum absolute atomic E-state index is 0.141. The Balaban J connectivity index is 1.80. The molecule has 136 valence electrons. The Hall–Kier alpha value is -3.02. The average Bonchev–Trinajstić information content (AvgIpc) is 3.10. The second-order valence-electron chi connectivity index (χ2n) is 6.17. The van der Waals surface area contributed by atoms with Crippen LogP contribution in [-0.4, -0.2) is 41.8 Å². The number of benzene rings is 2. The minimum Gasteiger partial charge on any atom is -0.497 e. The van der Waals surface area contributed by atoms with Crippen molar-refractivity contribution in [1.29, 1.82) is 0 Å². The number of hydrogen-bond donors (Lipinski definition) is 1. The van der Waals surface area contributed by atoms with Gasteiger partial charge in [-0.25, -0.2) is 4.79 Å². The minimum atomic E-state index is -1.04. The van der Waals surface area contributed by atoms with Gasteiger partial charge in [-0.15, -0.1) is 0 Å². The fourth-order valence-electron chi connectivity index (χ4n) is 3.16. The lowest BCUT2D eigenvalue weighted by atomic mass is 10.0. The van der Waals surface area contributed by atoms with Gasteiger partial charge in [-0.1, -0.05) is 6.07 Å². The van der Waals surface area contributed by atoms with Crippen molar-refractivity contribution in [2.75, 3.05) is 13.7 Å². The van der Waals surface area contributed by atoms with Crippen molar-refractivity contribution < 1.29 is 24.2 Å². The molecule has 1 unspecified atom stereocenters. The lowest BCUT2D eigenvalue weighted by Crippen LogP contribution is -2.39. The van der Waals surface area contributed by atoms with E-state index in [9.17, 15) is 14.7 Å². The summed E-state index contributed by atoms with van der Waals surface area (Å²) >= 11 is 0. The zero-order valence-corrected chi connectivity index (χ0v) is 14.8. The van der Waals surface area contributed by atoms with E-state index in [1.165, 1.54) is 6.07 Å². The molecule has 1 N–H and O–H groups in total. The lowest BCUT2D eigenvalue weighted by molar-refractivity contribution is 0.0400. The van der Waals surface area contributed by atoms with Crippen molar-refractivity contribution in [2.24, 2.45) is 0 Å². The number of nitrogens with zero attached hydrogens (tertiary/aromatic N) is 1. The van der Waals surface area contributed by atoms with Crippen molar-refractivity contribution in [3.8, 4) is 11.5 Å². The van der Waals surface area contributed by atoms with Gasteiger partial charge in [0.25, 0.3) is 5.91 Å². The summed E-state index contributed by atoms with van der Waals surface area (Å²) in [5.41, 5.74) is 1.01. The number of methoxy groups -OCH3 is 1. The number of ether oxygens (including phenoxy) is 2. The molecule has 1 atom stereocenters. The van der Waals surface area contributed by atoms with Crippen LogP contribution in [0.25, 0.3) is 0 Å². The zero-order chi connectivity index (χ0) is 18.7. The average molecular weight is 355 g/mol. The molecule has 0 saturated carbocycles. The second-order valence-corrected chi connectivity index (χ2v) is 6.17. The molecular weight excluding hydrogens is 334 g/mol. The van der Waals surface area contributed by atoms with Gasteiger partial charge < -0.3 is 19.5 Å². The molecule has 0 bridgehead atoms. The van der Waals surface area contributed by atoms with Gasteiger partial charge >= 0.3 is 5.97 Å².